The predicted molar refractivity (Wildman–Crippen MR) is 57.2 cm³/mol. The lowest BCUT2D eigenvalue weighted by Crippen LogP contribution is -1.98. The molecule has 0 unspecified atom stereocenters. The second-order valence-electron chi connectivity index (χ2n) is 3.40. The van der Waals surface area contributed by atoms with Crippen LogP contribution >= 0.6 is 11.6 Å². The third-order valence-electron chi connectivity index (χ3n) is 2.47. The number of hydrogen-bond donors (Lipinski definition) is 0. The number of benzene rings is 1. The summed E-state index contributed by atoms with van der Waals surface area (Å²) in [5.41, 5.74) is 1.37. The highest BCUT2D eigenvalue weighted by molar-refractivity contribution is 6.35. The monoisotopic (exact) mass is 226 g/mol. The minimum absolute atomic E-state index is 0.0620. The lowest BCUT2D eigenvalue weighted by Gasteiger charge is -2.10. The standard InChI is InChI=1S/C11H11ClO3/c1-6(13)8-5-9(14-2)11-7(10(8)12)3-4-15-11/h5H,3-4H2,1-2H3. The van der Waals surface area contributed by atoms with E-state index in [4.69, 9.17) is 21.1 Å². The van der Waals surface area contributed by atoms with Crippen molar-refractivity contribution in [1.29, 1.82) is 0 Å². The van der Waals surface area contributed by atoms with Crippen molar-refractivity contribution in [3.63, 3.8) is 0 Å². The normalized spacial score (nSPS) is 13.3. The van der Waals surface area contributed by atoms with E-state index in [9.17, 15) is 4.79 Å². The lowest BCUT2D eigenvalue weighted by atomic mass is 10.0. The van der Waals surface area contributed by atoms with Gasteiger partial charge in [0.05, 0.1) is 18.7 Å². The molecule has 4 heteroatoms. The Morgan fingerprint density at radius 1 is 1.60 bits per heavy atom. The Morgan fingerprint density at radius 2 is 2.33 bits per heavy atom. The number of fused-ring (bicyclic) bond motifs is 1. The number of hydrogen-bond acceptors (Lipinski definition) is 3. The first-order chi connectivity index (χ1) is 7.15. The van der Waals surface area contributed by atoms with Crippen LogP contribution < -0.4 is 9.47 Å². The van der Waals surface area contributed by atoms with Crippen molar-refractivity contribution >= 4 is 17.4 Å². The fourth-order valence-corrected chi connectivity index (χ4v) is 2.08. The largest absolute Gasteiger partial charge is 0.493 e. The Hall–Kier alpha value is -1.22. The number of rotatable bonds is 2. The molecule has 1 heterocycles. The smallest absolute Gasteiger partial charge is 0.166 e. The maximum Gasteiger partial charge on any atom is 0.166 e. The van der Waals surface area contributed by atoms with Gasteiger partial charge in [-0.15, -0.1) is 0 Å². The van der Waals surface area contributed by atoms with E-state index < -0.39 is 0 Å². The van der Waals surface area contributed by atoms with Crippen molar-refractivity contribution < 1.29 is 14.3 Å². The van der Waals surface area contributed by atoms with Crippen LogP contribution in [0.25, 0.3) is 0 Å². The van der Waals surface area contributed by atoms with E-state index in [0.717, 1.165) is 12.0 Å². The predicted octanol–water partition coefficient (Wildman–Crippen LogP) is 2.49. The molecule has 80 valence electrons. The van der Waals surface area contributed by atoms with Gasteiger partial charge in [0, 0.05) is 17.5 Å². The minimum Gasteiger partial charge on any atom is -0.493 e. The van der Waals surface area contributed by atoms with Gasteiger partial charge in [-0.25, -0.2) is 0 Å². The molecule has 0 amide bonds. The zero-order valence-corrected chi connectivity index (χ0v) is 9.35. The van der Waals surface area contributed by atoms with Gasteiger partial charge in [-0.2, -0.15) is 0 Å². The Bertz CT molecular complexity index is 426. The summed E-state index contributed by atoms with van der Waals surface area (Å²) in [4.78, 5) is 11.4. The van der Waals surface area contributed by atoms with Gasteiger partial charge in [-0.05, 0) is 13.0 Å². The Morgan fingerprint density at radius 3 is 2.93 bits per heavy atom. The molecule has 1 aliphatic heterocycles. The van der Waals surface area contributed by atoms with Crippen LogP contribution in [0.15, 0.2) is 6.07 Å². The Balaban J connectivity index is 2.66. The second-order valence-corrected chi connectivity index (χ2v) is 3.78. The molecular formula is C11H11ClO3. The fourth-order valence-electron chi connectivity index (χ4n) is 1.72. The van der Waals surface area contributed by atoms with Gasteiger partial charge in [0.15, 0.2) is 17.3 Å². The summed E-state index contributed by atoms with van der Waals surface area (Å²) < 4.78 is 10.6. The van der Waals surface area contributed by atoms with Gasteiger partial charge in [0.25, 0.3) is 0 Å². The number of ether oxygens (including phenoxy) is 2. The second kappa shape index (κ2) is 3.74. The van der Waals surface area contributed by atoms with Crippen LogP contribution in [0.3, 0.4) is 0 Å². The van der Waals surface area contributed by atoms with Gasteiger partial charge < -0.3 is 9.47 Å². The van der Waals surface area contributed by atoms with Gasteiger partial charge in [0.1, 0.15) is 0 Å². The van der Waals surface area contributed by atoms with E-state index in [0.29, 0.717) is 28.7 Å². The molecule has 0 spiro atoms. The number of carbonyl (C=O) groups excluding carboxylic acids is 1. The summed E-state index contributed by atoms with van der Waals surface area (Å²) in [5, 5.41) is 0.496. The van der Waals surface area contributed by atoms with Crippen molar-refractivity contribution in [2.24, 2.45) is 0 Å². The number of methoxy groups -OCH3 is 1. The average Bonchev–Trinajstić information content (AvgIpc) is 2.67. The topological polar surface area (TPSA) is 35.5 Å². The molecule has 0 saturated carbocycles. The zero-order chi connectivity index (χ0) is 11.0. The number of carbonyl (C=O) groups is 1. The quantitative estimate of drug-likeness (QED) is 0.727. The van der Waals surface area contributed by atoms with E-state index in [1.165, 1.54) is 6.92 Å². The zero-order valence-electron chi connectivity index (χ0n) is 8.59. The van der Waals surface area contributed by atoms with Crippen LogP contribution in [0, 0.1) is 0 Å². The molecule has 0 saturated heterocycles. The van der Waals surface area contributed by atoms with E-state index in [1.807, 2.05) is 0 Å². The van der Waals surface area contributed by atoms with Crippen LogP contribution in [0.5, 0.6) is 11.5 Å². The van der Waals surface area contributed by atoms with E-state index in [2.05, 4.69) is 0 Å². The molecule has 0 N–H and O–H groups in total. The van der Waals surface area contributed by atoms with Crippen LogP contribution in [-0.2, 0) is 6.42 Å². The highest BCUT2D eigenvalue weighted by Gasteiger charge is 2.24. The molecule has 0 aromatic heterocycles. The molecule has 0 aliphatic carbocycles. The van der Waals surface area contributed by atoms with Gasteiger partial charge in [-0.3, -0.25) is 4.79 Å². The van der Waals surface area contributed by atoms with Crippen molar-refractivity contribution in [2.45, 2.75) is 13.3 Å². The van der Waals surface area contributed by atoms with E-state index >= 15 is 0 Å². The van der Waals surface area contributed by atoms with Gasteiger partial charge in [-0.1, -0.05) is 11.6 Å². The first kappa shape index (κ1) is 10.3. The Labute approximate surface area is 92.9 Å². The summed E-state index contributed by atoms with van der Waals surface area (Å²) in [6, 6.07) is 1.63. The summed E-state index contributed by atoms with van der Waals surface area (Å²) in [6.07, 6.45) is 0.728. The Kier molecular flexibility index (Phi) is 2.57. The molecule has 1 aromatic carbocycles. The minimum atomic E-state index is -0.0620. The maximum absolute atomic E-state index is 11.4. The summed E-state index contributed by atoms with van der Waals surface area (Å²) in [5.74, 6) is 1.19. The number of Topliss-reactive ketones (excluding diaryl/α,β-unsaturated/α-hetero) is 1. The third kappa shape index (κ3) is 1.57. The molecule has 0 atom stereocenters. The fraction of sp³-hybridized carbons (Fsp3) is 0.364. The number of halogens is 1. The summed E-state index contributed by atoms with van der Waals surface area (Å²) in [6.45, 7) is 2.08. The summed E-state index contributed by atoms with van der Waals surface area (Å²) >= 11 is 6.12. The van der Waals surface area contributed by atoms with Crippen molar-refractivity contribution in [3.8, 4) is 11.5 Å². The van der Waals surface area contributed by atoms with Gasteiger partial charge in [0.2, 0.25) is 0 Å². The number of ketones is 1. The SMILES string of the molecule is COc1cc(C(C)=O)c(Cl)c2c1OCC2. The maximum atomic E-state index is 11.4. The van der Waals surface area contributed by atoms with Crippen molar-refractivity contribution in [2.75, 3.05) is 13.7 Å². The molecular weight excluding hydrogens is 216 g/mol. The van der Waals surface area contributed by atoms with Crippen LogP contribution in [0.4, 0.5) is 0 Å². The molecule has 0 bridgehead atoms. The molecule has 15 heavy (non-hydrogen) atoms. The molecule has 1 aliphatic rings. The van der Waals surface area contributed by atoms with Crippen LogP contribution in [0.1, 0.15) is 22.8 Å². The lowest BCUT2D eigenvalue weighted by molar-refractivity contribution is 0.101. The van der Waals surface area contributed by atoms with E-state index in [-0.39, 0.29) is 5.78 Å². The highest BCUT2D eigenvalue weighted by atomic mass is 35.5. The van der Waals surface area contributed by atoms with Crippen molar-refractivity contribution in [3.05, 3.63) is 22.2 Å². The molecule has 2 rings (SSSR count). The van der Waals surface area contributed by atoms with Crippen LogP contribution in [-0.4, -0.2) is 19.5 Å². The first-order valence-corrected chi connectivity index (χ1v) is 5.06. The third-order valence-corrected chi connectivity index (χ3v) is 2.90. The van der Waals surface area contributed by atoms with Crippen LogP contribution in [0.2, 0.25) is 5.02 Å². The molecule has 1 aromatic rings. The highest BCUT2D eigenvalue weighted by Crippen LogP contribution is 2.42. The molecule has 0 fully saturated rings. The molecule has 3 nitrogen and oxygen atoms in total. The average molecular weight is 227 g/mol. The molecule has 0 radical (unpaired) electrons. The summed E-state index contributed by atoms with van der Waals surface area (Å²) in [7, 11) is 1.55. The van der Waals surface area contributed by atoms with Crippen molar-refractivity contribution in [1.82, 2.24) is 0 Å². The van der Waals surface area contributed by atoms with E-state index in [1.54, 1.807) is 13.2 Å². The van der Waals surface area contributed by atoms with Gasteiger partial charge >= 0.3 is 0 Å². The first-order valence-electron chi connectivity index (χ1n) is 4.68.